The Bertz CT molecular complexity index is 315. The molecule has 0 heterocycles. The van der Waals surface area contributed by atoms with Gasteiger partial charge in [0.25, 0.3) is 0 Å². The van der Waals surface area contributed by atoms with Gasteiger partial charge in [-0.05, 0) is 19.8 Å². The molecule has 0 radical (unpaired) electrons. The third-order valence-electron chi connectivity index (χ3n) is 2.26. The van der Waals surface area contributed by atoms with Gasteiger partial charge in [0.15, 0.2) is 9.84 Å². The molecule has 0 spiro atoms. The molecule has 0 aromatic carbocycles. The van der Waals surface area contributed by atoms with E-state index in [1.165, 1.54) is 0 Å². The molecule has 0 saturated carbocycles. The van der Waals surface area contributed by atoms with Crippen molar-refractivity contribution in [3.8, 4) is 0 Å². The van der Waals surface area contributed by atoms with Gasteiger partial charge < -0.3 is 5.32 Å². The maximum Gasteiger partial charge on any atom is 0.235 e. The Balaban J connectivity index is 4.37. The molecule has 1 N–H and O–H groups in total. The molecule has 0 aromatic heterocycles. The lowest BCUT2D eigenvalue weighted by molar-refractivity contribution is -0.120. The molecule has 0 aliphatic rings. The molecule has 0 rings (SSSR count). The highest BCUT2D eigenvalue weighted by molar-refractivity contribution is 9.09. The molecule has 6 heteroatoms. The Labute approximate surface area is 99.9 Å². The number of rotatable bonds is 6. The molecule has 1 amide bonds. The maximum atomic E-state index is 11.4. The first-order chi connectivity index (χ1) is 6.72. The van der Waals surface area contributed by atoms with Crippen molar-refractivity contribution in [1.82, 2.24) is 5.32 Å². The van der Waals surface area contributed by atoms with Crippen LogP contribution in [-0.4, -0.2) is 37.2 Å². The quantitative estimate of drug-likeness (QED) is 0.747. The predicted octanol–water partition coefficient (Wildman–Crippen LogP) is 1.10. The van der Waals surface area contributed by atoms with Crippen LogP contribution < -0.4 is 5.32 Å². The highest BCUT2D eigenvalue weighted by Gasteiger charge is 2.24. The number of halogens is 1. The van der Waals surface area contributed by atoms with Crippen LogP contribution in [0, 0.1) is 0 Å². The van der Waals surface area contributed by atoms with E-state index < -0.39 is 21.5 Å². The smallest absolute Gasteiger partial charge is 0.235 e. The monoisotopic (exact) mass is 299 g/mol. The van der Waals surface area contributed by atoms with E-state index in [2.05, 4.69) is 21.2 Å². The van der Waals surface area contributed by atoms with Crippen LogP contribution in [0.15, 0.2) is 0 Å². The third kappa shape index (κ3) is 6.89. The largest absolute Gasteiger partial charge is 0.350 e. The molecule has 0 saturated heterocycles. The van der Waals surface area contributed by atoms with Crippen molar-refractivity contribution in [2.45, 2.75) is 32.2 Å². The van der Waals surface area contributed by atoms with Crippen LogP contribution in [0.4, 0.5) is 0 Å². The van der Waals surface area contributed by atoms with Crippen LogP contribution in [0.25, 0.3) is 0 Å². The van der Waals surface area contributed by atoms with E-state index in [0.29, 0.717) is 0 Å². The number of carbonyl (C=O) groups excluding carboxylic acids is 1. The molecule has 0 aromatic rings. The van der Waals surface area contributed by atoms with Gasteiger partial charge in [0, 0.05) is 17.1 Å². The summed E-state index contributed by atoms with van der Waals surface area (Å²) in [4.78, 5) is 11.4. The van der Waals surface area contributed by atoms with E-state index in [1.54, 1.807) is 0 Å². The molecule has 0 aliphatic heterocycles. The second-order valence-corrected chi connectivity index (χ2v) is 6.90. The van der Waals surface area contributed by atoms with Crippen molar-refractivity contribution >= 4 is 31.7 Å². The summed E-state index contributed by atoms with van der Waals surface area (Å²) >= 11 is 3.31. The highest BCUT2D eigenvalue weighted by atomic mass is 79.9. The van der Waals surface area contributed by atoms with Crippen molar-refractivity contribution in [3.63, 3.8) is 0 Å². The topological polar surface area (TPSA) is 63.2 Å². The van der Waals surface area contributed by atoms with Crippen LogP contribution in [0.5, 0.6) is 0 Å². The maximum absolute atomic E-state index is 11.4. The molecule has 0 aliphatic carbocycles. The van der Waals surface area contributed by atoms with E-state index in [1.807, 2.05) is 13.8 Å². The first-order valence-electron chi connectivity index (χ1n) is 4.77. The van der Waals surface area contributed by atoms with E-state index in [4.69, 9.17) is 0 Å². The summed E-state index contributed by atoms with van der Waals surface area (Å²) in [5.41, 5.74) is -0.328. The third-order valence-corrected chi connectivity index (χ3v) is 3.44. The second kappa shape index (κ2) is 5.84. The Morgan fingerprint density at radius 2 is 2.00 bits per heavy atom. The summed E-state index contributed by atoms with van der Waals surface area (Å²) in [5.74, 6) is -0.868. The molecular formula is C9H18BrNO3S. The average molecular weight is 300 g/mol. The SMILES string of the molecule is CCC(C)(CCBr)NC(=O)CS(C)(=O)=O. The minimum Gasteiger partial charge on any atom is -0.350 e. The van der Waals surface area contributed by atoms with Crippen molar-refractivity contribution < 1.29 is 13.2 Å². The molecule has 0 fully saturated rings. The van der Waals surface area contributed by atoms with Crippen LogP contribution in [0.1, 0.15) is 26.7 Å². The van der Waals surface area contributed by atoms with Gasteiger partial charge in [-0.1, -0.05) is 22.9 Å². The summed E-state index contributed by atoms with van der Waals surface area (Å²) in [6.45, 7) is 3.87. The van der Waals surface area contributed by atoms with Crippen LogP contribution in [-0.2, 0) is 14.6 Å². The molecular weight excluding hydrogens is 282 g/mol. The normalized spacial score (nSPS) is 15.7. The number of hydrogen-bond acceptors (Lipinski definition) is 3. The highest BCUT2D eigenvalue weighted by Crippen LogP contribution is 2.15. The van der Waals surface area contributed by atoms with Gasteiger partial charge >= 0.3 is 0 Å². The van der Waals surface area contributed by atoms with Crippen LogP contribution in [0.3, 0.4) is 0 Å². The van der Waals surface area contributed by atoms with Crippen molar-refractivity contribution in [2.75, 3.05) is 17.3 Å². The van der Waals surface area contributed by atoms with Gasteiger partial charge in [-0.3, -0.25) is 4.79 Å². The lowest BCUT2D eigenvalue weighted by Gasteiger charge is -2.28. The molecule has 1 unspecified atom stereocenters. The zero-order valence-electron chi connectivity index (χ0n) is 9.34. The number of sulfone groups is 1. The lowest BCUT2D eigenvalue weighted by atomic mass is 9.96. The molecule has 15 heavy (non-hydrogen) atoms. The van der Waals surface area contributed by atoms with Gasteiger partial charge in [0.2, 0.25) is 5.91 Å². The zero-order valence-corrected chi connectivity index (χ0v) is 11.7. The van der Waals surface area contributed by atoms with Gasteiger partial charge in [-0.2, -0.15) is 0 Å². The molecule has 4 nitrogen and oxygen atoms in total. The van der Waals surface area contributed by atoms with Crippen molar-refractivity contribution in [1.29, 1.82) is 0 Å². The van der Waals surface area contributed by atoms with Gasteiger partial charge in [0.05, 0.1) is 0 Å². The number of carbonyl (C=O) groups is 1. The van der Waals surface area contributed by atoms with Crippen molar-refractivity contribution in [2.24, 2.45) is 0 Å². The Kier molecular flexibility index (Phi) is 5.80. The molecule has 0 bridgehead atoms. The molecule has 1 atom stereocenters. The number of alkyl halides is 1. The van der Waals surface area contributed by atoms with Crippen molar-refractivity contribution in [3.05, 3.63) is 0 Å². The standard InChI is InChI=1S/C9H18BrNO3S/c1-4-9(2,5-6-10)11-8(12)7-15(3,13)14/h4-7H2,1-3H3,(H,11,12). The fourth-order valence-electron chi connectivity index (χ4n) is 1.15. The Morgan fingerprint density at radius 3 is 2.33 bits per heavy atom. The number of amides is 1. The van der Waals surface area contributed by atoms with E-state index in [9.17, 15) is 13.2 Å². The number of hydrogen-bond donors (Lipinski definition) is 1. The Morgan fingerprint density at radius 1 is 1.47 bits per heavy atom. The van der Waals surface area contributed by atoms with Gasteiger partial charge in [0.1, 0.15) is 5.75 Å². The van der Waals surface area contributed by atoms with Crippen LogP contribution >= 0.6 is 15.9 Å². The fraction of sp³-hybridized carbons (Fsp3) is 0.889. The van der Waals surface area contributed by atoms with E-state index >= 15 is 0 Å². The number of nitrogens with one attached hydrogen (secondary N) is 1. The molecule has 90 valence electrons. The summed E-state index contributed by atoms with van der Waals surface area (Å²) in [6.07, 6.45) is 2.60. The van der Waals surface area contributed by atoms with Crippen LogP contribution in [0.2, 0.25) is 0 Å². The zero-order chi connectivity index (χ0) is 12.1. The summed E-state index contributed by atoms with van der Waals surface area (Å²) < 4.78 is 21.8. The Hall–Kier alpha value is -0.100. The summed E-state index contributed by atoms with van der Waals surface area (Å²) in [7, 11) is -3.24. The average Bonchev–Trinajstić information content (AvgIpc) is 2.00. The predicted molar refractivity (Wildman–Crippen MR) is 65.0 cm³/mol. The van der Waals surface area contributed by atoms with E-state index in [-0.39, 0.29) is 5.54 Å². The van der Waals surface area contributed by atoms with E-state index in [0.717, 1.165) is 24.4 Å². The second-order valence-electron chi connectivity index (χ2n) is 3.97. The fourth-order valence-corrected chi connectivity index (χ4v) is 2.57. The first-order valence-corrected chi connectivity index (χ1v) is 7.95. The van der Waals surface area contributed by atoms with Gasteiger partial charge in [-0.15, -0.1) is 0 Å². The summed E-state index contributed by atoms with van der Waals surface area (Å²) in [6, 6.07) is 0. The first kappa shape index (κ1) is 14.9. The summed E-state index contributed by atoms with van der Waals surface area (Å²) in [5, 5.41) is 3.53. The van der Waals surface area contributed by atoms with Gasteiger partial charge in [-0.25, -0.2) is 8.42 Å². The lowest BCUT2D eigenvalue weighted by Crippen LogP contribution is -2.47. The minimum atomic E-state index is -3.24. The minimum absolute atomic E-state index is 0.328.